The molecule has 1 aromatic heterocycles. The second kappa shape index (κ2) is 8.78. The van der Waals surface area contributed by atoms with E-state index < -0.39 is 0 Å². The Bertz CT molecular complexity index is 1050. The number of aromatic nitrogens is 3. The van der Waals surface area contributed by atoms with E-state index in [0.717, 1.165) is 44.9 Å². The van der Waals surface area contributed by atoms with Gasteiger partial charge in [0.25, 0.3) is 0 Å². The zero-order valence-electron chi connectivity index (χ0n) is 17.7. The van der Waals surface area contributed by atoms with Crippen LogP contribution in [0.25, 0.3) is 22.8 Å². The van der Waals surface area contributed by atoms with Crippen LogP contribution in [0.3, 0.4) is 0 Å². The van der Waals surface area contributed by atoms with Gasteiger partial charge in [-0.15, -0.1) is 0 Å². The molecule has 1 unspecified atom stereocenters. The number of nitrogens with zero attached hydrogens (tertiary/aromatic N) is 3. The van der Waals surface area contributed by atoms with Crippen molar-refractivity contribution in [1.82, 2.24) is 14.8 Å². The van der Waals surface area contributed by atoms with Crippen LogP contribution in [0.5, 0.6) is 11.5 Å². The highest BCUT2D eigenvalue weighted by Crippen LogP contribution is 2.41. The minimum atomic E-state index is 0.136. The molecule has 1 atom stereocenters. The van der Waals surface area contributed by atoms with Gasteiger partial charge in [-0.25, -0.2) is 9.67 Å². The fraction of sp³-hybridized carbons (Fsp3) is 0.391. The van der Waals surface area contributed by atoms with Gasteiger partial charge in [0.15, 0.2) is 23.1 Å². The van der Waals surface area contributed by atoms with Gasteiger partial charge < -0.3 is 14.2 Å². The first kappa shape index (κ1) is 20.9. The van der Waals surface area contributed by atoms with E-state index in [4.69, 9.17) is 24.3 Å². The van der Waals surface area contributed by atoms with Gasteiger partial charge in [-0.2, -0.15) is 5.10 Å². The van der Waals surface area contributed by atoms with Gasteiger partial charge in [-0.05, 0) is 45.0 Å². The van der Waals surface area contributed by atoms with Crippen molar-refractivity contribution < 1.29 is 14.2 Å². The van der Waals surface area contributed by atoms with E-state index >= 15 is 0 Å². The molecule has 0 N–H and O–H groups in total. The molecule has 3 aromatic rings. The molecular formula is C23H26BrN3O3. The highest BCUT2D eigenvalue weighted by Gasteiger charge is 2.26. The number of rotatable bonds is 7. The van der Waals surface area contributed by atoms with Crippen molar-refractivity contribution in [3.8, 4) is 34.3 Å². The number of ether oxygens (including phenoxy) is 3. The Hall–Kier alpha value is -2.38. The van der Waals surface area contributed by atoms with E-state index in [1.165, 1.54) is 0 Å². The van der Waals surface area contributed by atoms with Crippen LogP contribution in [0.1, 0.15) is 26.3 Å². The molecule has 0 saturated heterocycles. The number of methoxy groups -OCH3 is 1. The summed E-state index contributed by atoms with van der Waals surface area (Å²) in [6.07, 6.45) is 1.15. The fourth-order valence-corrected chi connectivity index (χ4v) is 4.08. The van der Waals surface area contributed by atoms with Crippen LogP contribution in [0.15, 0.2) is 40.9 Å². The average molecular weight is 472 g/mol. The van der Waals surface area contributed by atoms with Gasteiger partial charge in [0.1, 0.15) is 6.10 Å². The third kappa shape index (κ3) is 4.23. The second-order valence-corrected chi connectivity index (χ2v) is 8.54. The van der Waals surface area contributed by atoms with E-state index in [1.54, 1.807) is 7.11 Å². The van der Waals surface area contributed by atoms with Crippen LogP contribution < -0.4 is 9.47 Å². The van der Waals surface area contributed by atoms with Crippen LogP contribution in [0, 0.1) is 0 Å². The number of benzene rings is 2. The van der Waals surface area contributed by atoms with Gasteiger partial charge in [-0.1, -0.05) is 28.1 Å². The molecule has 0 fully saturated rings. The van der Waals surface area contributed by atoms with Crippen LogP contribution >= 0.6 is 15.9 Å². The predicted molar refractivity (Wildman–Crippen MR) is 120 cm³/mol. The maximum absolute atomic E-state index is 5.94. The monoisotopic (exact) mass is 471 g/mol. The number of hydrogen-bond donors (Lipinski definition) is 0. The summed E-state index contributed by atoms with van der Waals surface area (Å²) in [5.74, 6) is 3.01. The lowest BCUT2D eigenvalue weighted by Gasteiger charge is -2.12. The van der Waals surface area contributed by atoms with Crippen LogP contribution in [0.4, 0.5) is 0 Å². The molecule has 2 aromatic carbocycles. The standard InChI is InChI=1S/C23H26BrN3O3/c1-14(2)29-10-9-27-23(25-22(26-27)18-7-5-6-8-19(18)24)17-12-16-11-15(3)30-21(16)20(13-17)28-4/h5-8,12-15H,9-11H2,1-4H3. The maximum Gasteiger partial charge on any atom is 0.182 e. The van der Waals surface area contributed by atoms with Gasteiger partial charge in [0.05, 0.1) is 26.4 Å². The quantitative estimate of drug-likeness (QED) is 0.477. The highest BCUT2D eigenvalue weighted by molar-refractivity contribution is 9.10. The van der Waals surface area contributed by atoms with Gasteiger partial charge in [0.2, 0.25) is 0 Å². The molecule has 0 bridgehead atoms. The van der Waals surface area contributed by atoms with Crippen molar-refractivity contribution in [2.45, 2.75) is 45.9 Å². The molecule has 6 nitrogen and oxygen atoms in total. The first-order valence-electron chi connectivity index (χ1n) is 10.2. The summed E-state index contributed by atoms with van der Waals surface area (Å²) in [5, 5.41) is 4.80. The largest absolute Gasteiger partial charge is 0.493 e. The van der Waals surface area contributed by atoms with Gasteiger partial charge in [0, 0.05) is 27.6 Å². The third-order valence-electron chi connectivity index (χ3n) is 4.98. The summed E-state index contributed by atoms with van der Waals surface area (Å²) in [4.78, 5) is 4.90. The molecule has 0 amide bonds. The van der Waals surface area contributed by atoms with Crippen LogP contribution in [-0.2, 0) is 17.7 Å². The van der Waals surface area contributed by atoms with E-state index in [9.17, 15) is 0 Å². The number of hydrogen-bond acceptors (Lipinski definition) is 5. The van der Waals surface area contributed by atoms with E-state index in [1.807, 2.05) is 48.9 Å². The Kier molecular flexibility index (Phi) is 6.11. The fourth-order valence-electron chi connectivity index (χ4n) is 3.62. The van der Waals surface area contributed by atoms with Crippen LogP contribution in [-0.4, -0.2) is 40.7 Å². The molecular weight excluding hydrogens is 446 g/mol. The Morgan fingerprint density at radius 3 is 2.80 bits per heavy atom. The van der Waals surface area contributed by atoms with E-state index in [-0.39, 0.29) is 12.2 Å². The zero-order chi connectivity index (χ0) is 21.3. The smallest absolute Gasteiger partial charge is 0.182 e. The molecule has 1 aliphatic heterocycles. The zero-order valence-corrected chi connectivity index (χ0v) is 19.3. The average Bonchev–Trinajstić information content (AvgIpc) is 3.30. The third-order valence-corrected chi connectivity index (χ3v) is 5.67. The Balaban J connectivity index is 1.78. The molecule has 1 aliphatic rings. The number of fused-ring (bicyclic) bond motifs is 1. The topological polar surface area (TPSA) is 58.4 Å². The Morgan fingerprint density at radius 2 is 2.07 bits per heavy atom. The summed E-state index contributed by atoms with van der Waals surface area (Å²) in [7, 11) is 1.67. The lowest BCUT2D eigenvalue weighted by atomic mass is 10.1. The van der Waals surface area contributed by atoms with Crippen molar-refractivity contribution in [2.24, 2.45) is 0 Å². The minimum absolute atomic E-state index is 0.136. The van der Waals surface area contributed by atoms with E-state index in [2.05, 4.69) is 28.9 Å². The maximum atomic E-state index is 5.94. The molecule has 30 heavy (non-hydrogen) atoms. The van der Waals surface area contributed by atoms with Gasteiger partial charge >= 0.3 is 0 Å². The van der Waals surface area contributed by atoms with Crippen molar-refractivity contribution in [3.05, 3.63) is 46.4 Å². The molecule has 7 heteroatoms. The Labute approximate surface area is 185 Å². The molecule has 0 saturated carbocycles. The minimum Gasteiger partial charge on any atom is -0.493 e. The highest BCUT2D eigenvalue weighted by atomic mass is 79.9. The SMILES string of the molecule is COc1cc(-c2nc(-c3ccccc3Br)nn2CCOC(C)C)cc2c1OC(C)C2. The molecule has 4 rings (SSSR count). The summed E-state index contributed by atoms with van der Waals surface area (Å²) < 4.78 is 20.2. The summed E-state index contributed by atoms with van der Waals surface area (Å²) >= 11 is 3.61. The predicted octanol–water partition coefficient (Wildman–Crippen LogP) is 5.13. The molecule has 0 radical (unpaired) electrons. The summed E-state index contributed by atoms with van der Waals surface area (Å²) in [5.41, 5.74) is 3.04. The molecule has 0 spiro atoms. The first-order chi connectivity index (χ1) is 14.5. The van der Waals surface area contributed by atoms with E-state index in [0.29, 0.717) is 19.0 Å². The lowest BCUT2D eigenvalue weighted by Crippen LogP contribution is -2.12. The molecule has 158 valence electrons. The Morgan fingerprint density at radius 1 is 1.27 bits per heavy atom. The van der Waals surface area contributed by atoms with Crippen molar-refractivity contribution in [3.63, 3.8) is 0 Å². The molecule has 2 heterocycles. The number of halogens is 1. The second-order valence-electron chi connectivity index (χ2n) is 7.68. The first-order valence-corrected chi connectivity index (χ1v) is 10.9. The van der Waals surface area contributed by atoms with Crippen LogP contribution in [0.2, 0.25) is 0 Å². The lowest BCUT2D eigenvalue weighted by molar-refractivity contribution is 0.0712. The normalized spacial score (nSPS) is 15.3. The summed E-state index contributed by atoms with van der Waals surface area (Å²) in [6.45, 7) is 7.29. The molecule has 0 aliphatic carbocycles. The van der Waals surface area contributed by atoms with Crippen molar-refractivity contribution >= 4 is 15.9 Å². The van der Waals surface area contributed by atoms with Gasteiger partial charge in [-0.3, -0.25) is 0 Å². The van der Waals surface area contributed by atoms with Crippen molar-refractivity contribution in [2.75, 3.05) is 13.7 Å². The van der Waals surface area contributed by atoms with Crippen molar-refractivity contribution in [1.29, 1.82) is 0 Å². The summed E-state index contributed by atoms with van der Waals surface area (Å²) in [6, 6.07) is 12.1.